The number of benzene rings is 2. The predicted octanol–water partition coefficient (Wildman–Crippen LogP) is 4.33. The lowest BCUT2D eigenvalue weighted by molar-refractivity contribution is -0.133. The summed E-state index contributed by atoms with van der Waals surface area (Å²) in [6, 6.07) is 10.7. The molecule has 0 unspecified atom stereocenters. The number of esters is 1. The number of rotatable bonds is 6. The quantitative estimate of drug-likeness (QED) is 0.434. The Morgan fingerprint density at radius 3 is 2.60 bits per heavy atom. The van der Waals surface area contributed by atoms with Crippen molar-refractivity contribution in [2.45, 2.75) is 10.6 Å². The van der Waals surface area contributed by atoms with Crippen LogP contribution in [0, 0.1) is 11.6 Å². The number of methoxy groups -OCH3 is 1. The molecule has 25 heavy (non-hydrogen) atoms. The van der Waals surface area contributed by atoms with Crippen molar-refractivity contribution in [2.75, 3.05) is 21.2 Å². The second-order valence-electron chi connectivity index (χ2n) is 5.52. The van der Waals surface area contributed by atoms with E-state index in [1.54, 1.807) is 31.3 Å². The molecule has 2 aromatic rings. The van der Waals surface area contributed by atoms with Crippen LogP contribution in [0.25, 0.3) is 5.57 Å². The molecular formula is C19H19F2NO2S. The van der Waals surface area contributed by atoms with E-state index < -0.39 is 17.6 Å². The highest BCUT2D eigenvalue weighted by Gasteiger charge is 2.17. The Hall–Kier alpha value is -2.34. The third-order valence-electron chi connectivity index (χ3n) is 3.36. The molecule has 0 fully saturated rings. The van der Waals surface area contributed by atoms with E-state index >= 15 is 0 Å². The topological polar surface area (TPSA) is 29.5 Å². The lowest BCUT2D eigenvalue weighted by Crippen LogP contribution is -2.10. The molecule has 6 heteroatoms. The van der Waals surface area contributed by atoms with Gasteiger partial charge in [-0.1, -0.05) is 18.2 Å². The third-order valence-corrected chi connectivity index (χ3v) is 4.48. The molecule has 0 aromatic heterocycles. The van der Waals surface area contributed by atoms with E-state index in [-0.39, 0.29) is 11.3 Å². The normalized spacial score (nSPS) is 11.3. The fourth-order valence-electron chi connectivity index (χ4n) is 2.22. The number of thioether (sulfide) groups is 1. The van der Waals surface area contributed by atoms with Gasteiger partial charge in [0.05, 0.1) is 12.7 Å². The Bertz CT molecular complexity index is 791. The highest BCUT2D eigenvalue weighted by molar-refractivity contribution is 7.98. The molecule has 0 aliphatic rings. The van der Waals surface area contributed by atoms with Gasteiger partial charge in [-0.25, -0.2) is 13.6 Å². The molecule has 0 amide bonds. The van der Waals surface area contributed by atoms with Crippen LogP contribution in [0.2, 0.25) is 0 Å². The van der Waals surface area contributed by atoms with Crippen LogP contribution in [0.15, 0.2) is 53.6 Å². The zero-order valence-electron chi connectivity index (χ0n) is 14.3. The van der Waals surface area contributed by atoms with Gasteiger partial charge in [0.1, 0.15) is 11.6 Å². The van der Waals surface area contributed by atoms with Crippen LogP contribution in [-0.2, 0) is 15.3 Å². The van der Waals surface area contributed by atoms with Crippen LogP contribution in [0.1, 0.15) is 11.1 Å². The Balaban J connectivity index is 2.34. The zero-order valence-corrected chi connectivity index (χ0v) is 15.1. The van der Waals surface area contributed by atoms with Crippen LogP contribution in [-0.4, -0.2) is 32.1 Å². The Morgan fingerprint density at radius 2 is 1.92 bits per heavy atom. The standard InChI is InChI=1S/C19H19F2NO2S/c1-22(2)11-16(19(23)24-3)15-6-4-5-7-18(15)25-12-13-10-14(20)8-9-17(13)21/h4-11H,12H2,1-3H3/b16-11+. The van der Waals surface area contributed by atoms with E-state index in [2.05, 4.69) is 0 Å². The summed E-state index contributed by atoms with van der Waals surface area (Å²) in [6.07, 6.45) is 1.67. The first kappa shape index (κ1) is 19.0. The molecule has 0 heterocycles. The monoisotopic (exact) mass is 363 g/mol. The molecule has 0 atom stereocenters. The highest BCUT2D eigenvalue weighted by atomic mass is 32.2. The van der Waals surface area contributed by atoms with Gasteiger partial charge in [-0.2, -0.15) is 0 Å². The van der Waals surface area contributed by atoms with Crippen molar-refractivity contribution in [2.24, 2.45) is 0 Å². The van der Waals surface area contributed by atoms with Crippen LogP contribution in [0.5, 0.6) is 0 Å². The number of nitrogens with zero attached hydrogens (tertiary/aromatic N) is 1. The van der Waals surface area contributed by atoms with Gasteiger partial charge >= 0.3 is 5.97 Å². The van der Waals surface area contributed by atoms with Gasteiger partial charge < -0.3 is 9.64 Å². The fourth-order valence-corrected chi connectivity index (χ4v) is 3.27. The highest BCUT2D eigenvalue weighted by Crippen LogP contribution is 2.32. The minimum Gasteiger partial charge on any atom is -0.465 e. The minimum absolute atomic E-state index is 0.247. The molecular weight excluding hydrogens is 344 g/mol. The Labute approximate surface area is 150 Å². The van der Waals surface area contributed by atoms with Crippen LogP contribution >= 0.6 is 11.8 Å². The van der Waals surface area contributed by atoms with Crippen molar-refractivity contribution >= 4 is 23.3 Å². The number of ether oxygens (including phenoxy) is 1. The van der Waals surface area contributed by atoms with Gasteiger partial charge in [0.25, 0.3) is 0 Å². The predicted molar refractivity (Wildman–Crippen MR) is 96.0 cm³/mol. The SMILES string of the molecule is COC(=O)/C(=C/N(C)C)c1ccccc1SCc1cc(F)ccc1F. The lowest BCUT2D eigenvalue weighted by atomic mass is 10.1. The van der Waals surface area contributed by atoms with Crippen molar-refractivity contribution in [1.82, 2.24) is 4.90 Å². The van der Waals surface area contributed by atoms with Gasteiger partial charge in [0.2, 0.25) is 0 Å². The summed E-state index contributed by atoms with van der Waals surface area (Å²) in [4.78, 5) is 14.7. The average Bonchev–Trinajstić information content (AvgIpc) is 2.60. The summed E-state index contributed by atoms with van der Waals surface area (Å²) >= 11 is 1.33. The average molecular weight is 363 g/mol. The van der Waals surface area contributed by atoms with Crippen LogP contribution in [0.3, 0.4) is 0 Å². The molecule has 0 saturated carbocycles. The smallest absolute Gasteiger partial charge is 0.339 e. The first-order chi connectivity index (χ1) is 11.9. The number of hydrogen-bond donors (Lipinski definition) is 0. The molecule has 0 spiro atoms. The van der Waals surface area contributed by atoms with Crippen molar-refractivity contribution < 1.29 is 18.3 Å². The zero-order chi connectivity index (χ0) is 18.4. The Kier molecular flexibility index (Phi) is 6.58. The molecule has 0 aliphatic heterocycles. The second-order valence-corrected chi connectivity index (χ2v) is 6.54. The van der Waals surface area contributed by atoms with Crippen LogP contribution < -0.4 is 0 Å². The summed E-state index contributed by atoms with van der Waals surface area (Å²) in [6.45, 7) is 0. The first-order valence-corrected chi connectivity index (χ1v) is 8.53. The van der Waals surface area contributed by atoms with Gasteiger partial charge in [0, 0.05) is 42.1 Å². The maximum absolute atomic E-state index is 13.8. The van der Waals surface area contributed by atoms with E-state index in [0.717, 1.165) is 17.0 Å². The molecule has 2 aromatic carbocycles. The van der Waals surface area contributed by atoms with Crippen molar-refractivity contribution in [3.8, 4) is 0 Å². The number of hydrogen-bond acceptors (Lipinski definition) is 4. The molecule has 2 rings (SSSR count). The van der Waals surface area contributed by atoms with Gasteiger partial charge in [-0.05, 0) is 24.3 Å². The number of carbonyl (C=O) groups is 1. The van der Waals surface area contributed by atoms with Gasteiger partial charge in [0.15, 0.2) is 0 Å². The lowest BCUT2D eigenvalue weighted by Gasteiger charge is -2.14. The van der Waals surface area contributed by atoms with Crippen molar-refractivity contribution in [1.29, 1.82) is 0 Å². The van der Waals surface area contributed by atoms with E-state index in [1.807, 2.05) is 18.2 Å². The summed E-state index contributed by atoms with van der Waals surface area (Å²) in [5.74, 6) is -1.15. The molecule has 0 bridgehead atoms. The minimum atomic E-state index is -0.479. The Morgan fingerprint density at radius 1 is 1.20 bits per heavy atom. The molecule has 0 radical (unpaired) electrons. The fraction of sp³-hybridized carbons (Fsp3) is 0.211. The van der Waals surface area contributed by atoms with E-state index in [1.165, 1.54) is 24.9 Å². The van der Waals surface area contributed by atoms with E-state index in [4.69, 9.17) is 4.74 Å². The third kappa shape index (κ3) is 5.06. The molecule has 0 saturated heterocycles. The summed E-state index contributed by atoms with van der Waals surface area (Å²) in [7, 11) is 4.94. The van der Waals surface area contributed by atoms with Crippen LogP contribution in [0.4, 0.5) is 8.78 Å². The van der Waals surface area contributed by atoms with E-state index in [0.29, 0.717) is 11.1 Å². The van der Waals surface area contributed by atoms with Gasteiger partial charge in [-0.3, -0.25) is 0 Å². The summed E-state index contributed by atoms with van der Waals surface area (Å²) in [5.41, 5.74) is 1.36. The number of halogens is 2. The molecule has 0 N–H and O–H groups in total. The maximum Gasteiger partial charge on any atom is 0.339 e. The van der Waals surface area contributed by atoms with E-state index in [9.17, 15) is 13.6 Å². The molecule has 3 nitrogen and oxygen atoms in total. The van der Waals surface area contributed by atoms with Crippen molar-refractivity contribution in [3.63, 3.8) is 0 Å². The van der Waals surface area contributed by atoms with Gasteiger partial charge in [-0.15, -0.1) is 11.8 Å². The number of carbonyl (C=O) groups excluding carboxylic acids is 1. The largest absolute Gasteiger partial charge is 0.465 e. The molecule has 132 valence electrons. The maximum atomic E-state index is 13.8. The van der Waals surface area contributed by atoms with Crippen molar-refractivity contribution in [3.05, 3.63) is 71.4 Å². The first-order valence-electron chi connectivity index (χ1n) is 7.55. The summed E-state index contributed by atoms with van der Waals surface area (Å²) < 4.78 is 32.0. The summed E-state index contributed by atoms with van der Waals surface area (Å²) in [5, 5.41) is 0. The molecule has 0 aliphatic carbocycles. The second kappa shape index (κ2) is 8.67.